The quantitative estimate of drug-likeness (QED) is 0.390. The van der Waals surface area contributed by atoms with E-state index in [4.69, 9.17) is 9.26 Å². The molecule has 1 aliphatic rings. The lowest BCUT2D eigenvalue weighted by molar-refractivity contribution is -0.130. The van der Waals surface area contributed by atoms with Gasteiger partial charge in [0.05, 0.1) is 6.04 Å². The van der Waals surface area contributed by atoms with Crippen LogP contribution in [0.2, 0.25) is 0 Å². The molecule has 190 valence electrons. The van der Waals surface area contributed by atoms with E-state index in [1.54, 1.807) is 0 Å². The second-order valence-electron chi connectivity index (χ2n) is 9.06. The highest BCUT2D eigenvalue weighted by Gasteiger charge is 2.29. The molecular formula is C28H34N2O5P+. The molecule has 2 N–H and O–H groups in total. The highest BCUT2D eigenvalue weighted by molar-refractivity contribution is 7.53. The van der Waals surface area contributed by atoms with E-state index in [9.17, 15) is 14.4 Å². The van der Waals surface area contributed by atoms with Crippen LogP contribution < -0.4 is 10.6 Å². The minimum absolute atomic E-state index is 0.0803. The second kappa shape index (κ2) is 14.3. The number of amides is 2. The van der Waals surface area contributed by atoms with E-state index in [1.807, 2.05) is 92.5 Å². The van der Waals surface area contributed by atoms with E-state index in [2.05, 4.69) is 10.6 Å². The number of ether oxygens (including phenoxy) is 1. The van der Waals surface area contributed by atoms with E-state index in [0.29, 0.717) is 12.8 Å². The summed E-state index contributed by atoms with van der Waals surface area (Å²) in [6.45, 7) is 3.95. The number of Topliss-reactive ketones (excluding diaryl/α,β-unsaturated/α-hetero) is 1. The van der Waals surface area contributed by atoms with Crippen LogP contribution in [0.1, 0.15) is 31.4 Å². The van der Waals surface area contributed by atoms with E-state index in [1.165, 1.54) is 0 Å². The fourth-order valence-electron chi connectivity index (χ4n) is 3.70. The molecule has 7 nitrogen and oxygen atoms in total. The number of rotatable bonds is 13. The fourth-order valence-corrected chi connectivity index (χ4v) is 4.95. The Balaban J connectivity index is 1.64. The molecule has 0 radical (unpaired) electrons. The Hall–Kier alpha value is -3.28. The number of alkyl carbamates (subject to hydrolysis) is 1. The van der Waals surface area contributed by atoms with Crippen molar-refractivity contribution in [3.05, 3.63) is 83.9 Å². The number of ketones is 1. The predicted octanol–water partition coefficient (Wildman–Crippen LogP) is 4.41. The van der Waals surface area contributed by atoms with Crippen molar-refractivity contribution >= 4 is 31.4 Å². The standard InChI is InChI=1S/C28H33N2O5P/c1-21(2)17-25(30-28(33)34-19-23-13-7-4-8-14-23)27(32)29-24(18-22-11-5-3-6-12-22)26(31)20-35-36-15-9-10-16-36/h3-15,21,24-25H,16-20H2,1-2H3,(H-,29,30,32,33)/p+1/t24-,25-/m0/s1. The molecule has 0 bridgehead atoms. The predicted molar refractivity (Wildman–Crippen MR) is 143 cm³/mol. The average molecular weight is 510 g/mol. The minimum atomic E-state index is -0.836. The van der Waals surface area contributed by atoms with Crippen molar-refractivity contribution in [3.8, 4) is 0 Å². The number of hydrogen-bond acceptors (Lipinski definition) is 5. The number of hydrogen-bond donors (Lipinski definition) is 2. The van der Waals surface area contributed by atoms with Crippen LogP contribution in [-0.2, 0) is 31.9 Å². The molecule has 3 rings (SSSR count). The highest BCUT2D eigenvalue weighted by atomic mass is 31.1. The molecule has 2 aromatic rings. The lowest BCUT2D eigenvalue weighted by Gasteiger charge is -2.23. The maximum Gasteiger partial charge on any atom is 0.408 e. The molecule has 0 fully saturated rings. The molecular weight excluding hydrogens is 475 g/mol. The van der Waals surface area contributed by atoms with Gasteiger partial charge in [0.1, 0.15) is 18.4 Å². The molecule has 1 aliphatic heterocycles. The Morgan fingerprint density at radius 2 is 1.58 bits per heavy atom. The SMILES string of the molecule is CC(C)C[C@H](NC(=O)OCc1ccccc1)C(=O)N[C@@H](Cc1ccccc1)C(=O)CO[P+]1=CC=CC1. The number of carbonyl (C=O) groups is 3. The zero-order valence-electron chi connectivity index (χ0n) is 20.8. The first-order valence-corrected chi connectivity index (χ1v) is 13.7. The van der Waals surface area contributed by atoms with E-state index >= 15 is 0 Å². The fraction of sp³-hybridized carbons (Fsp3) is 0.357. The van der Waals surface area contributed by atoms with Crippen LogP contribution in [0.15, 0.2) is 72.8 Å². The van der Waals surface area contributed by atoms with Crippen LogP contribution in [0.25, 0.3) is 0 Å². The zero-order chi connectivity index (χ0) is 25.8. The summed E-state index contributed by atoms with van der Waals surface area (Å²) < 4.78 is 11.1. The van der Waals surface area contributed by atoms with Gasteiger partial charge in [0.2, 0.25) is 5.91 Å². The Morgan fingerprint density at radius 3 is 2.19 bits per heavy atom. The third-order valence-corrected chi connectivity index (χ3v) is 7.10. The van der Waals surface area contributed by atoms with Crippen molar-refractivity contribution < 1.29 is 23.6 Å². The lowest BCUT2D eigenvalue weighted by Crippen LogP contribution is -2.53. The topological polar surface area (TPSA) is 93.7 Å². The molecule has 2 aromatic carbocycles. The van der Waals surface area contributed by atoms with Gasteiger partial charge in [0.25, 0.3) is 7.77 Å². The summed E-state index contributed by atoms with van der Waals surface area (Å²) in [6.07, 6.45) is 4.81. The molecule has 2 amide bonds. The summed E-state index contributed by atoms with van der Waals surface area (Å²) in [5.41, 5.74) is 1.77. The second-order valence-corrected chi connectivity index (χ2v) is 10.8. The van der Waals surface area contributed by atoms with E-state index in [0.717, 1.165) is 17.3 Å². The monoisotopic (exact) mass is 509 g/mol. The van der Waals surface area contributed by atoms with E-state index in [-0.39, 0.29) is 24.9 Å². The van der Waals surface area contributed by atoms with Gasteiger partial charge in [-0.3, -0.25) is 9.59 Å². The van der Waals surface area contributed by atoms with Crippen molar-refractivity contribution in [1.82, 2.24) is 10.6 Å². The van der Waals surface area contributed by atoms with Crippen LogP contribution in [0.3, 0.4) is 0 Å². The maximum atomic E-state index is 13.3. The Morgan fingerprint density at radius 1 is 0.917 bits per heavy atom. The molecule has 3 atom stereocenters. The highest BCUT2D eigenvalue weighted by Crippen LogP contribution is 2.27. The van der Waals surface area contributed by atoms with Gasteiger partial charge >= 0.3 is 6.09 Å². The smallest absolute Gasteiger partial charge is 0.408 e. The number of nitrogens with one attached hydrogen (secondary N) is 2. The van der Waals surface area contributed by atoms with Crippen molar-refractivity contribution in [1.29, 1.82) is 0 Å². The zero-order valence-corrected chi connectivity index (χ0v) is 21.7. The summed E-state index contributed by atoms with van der Waals surface area (Å²) in [7, 11) is -0.785. The van der Waals surface area contributed by atoms with Crippen molar-refractivity contribution in [2.45, 2.75) is 45.4 Å². The van der Waals surface area contributed by atoms with Crippen molar-refractivity contribution in [2.75, 3.05) is 12.8 Å². The lowest BCUT2D eigenvalue weighted by atomic mass is 10.00. The normalized spacial score (nSPS) is 15.1. The maximum absolute atomic E-state index is 13.3. The van der Waals surface area contributed by atoms with Crippen LogP contribution in [0, 0.1) is 5.92 Å². The molecule has 36 heavy (non-hydrogen) atoms. The summed E-state index contributed by atoms with van der Waals surface area (Å²) in [5, 5.41) is 5.55. The average Bonchev–Trinajstić information content (AvgIpc) is 3.40. The summed E-state index contributed by atoms with van der Waals surface area (Å²) in [5.74, 6) is 1.48. The van der Waals surface area contributed by atoms with Gasteiger partial charge in [-0.2, -0.15) is 4.52 Å². The molecule has 1 heterocycles. The molecule has 0 saturated heterocycles. The molecule has 8 heteroatoms. The largest absolute Gasteiger partial charge is 0.445 e. The Kier molecular flexibility index (Phi) is 10.9. The third-order valence-electron chi connectivity index (χ3n) is 5.56. The van der Waals surface area contributed by atoms with Gasteiger partial charge in [0, 0.05) is 0 Å². The first kappa shape index (κ1) is 27.3. The number of allylic oxidation sites excluding steroid dienone is 2. The summed E-state index contributed by atoms with van der Waals surface area (Å²) in [6, 6.07) is 17.2. The molecule has 1 unspecified atom stereocenters. The minimum Gasteiger partial charge on any atom is -0.445 e. The van der Waals surface area contributed by atoms with Crippen LogP contribution in [0.5, 0.6) is 0 Å². The first-order valence-electron chi connectivity index (χ1n) is 12.1. The number of carbonyl (C=O) groups excluding carboxylic acids is 3. The van der Waals surface area contributed by atoms with Crippen molar-refractivity contribution in [3.63, 3.8) is 0 Å². The van der Waals surface area contributed by atoms with Crippen LogP contribution in [0.4, 0.5) is 4.79 Å². The first-order chi connectivity index (χ1) is 17.4. The summed E-state index contributed by atoms with van der Waals surface area (Å²) >= 11 is 0. The molecule has 0 aliphatic carbocycles. The molecule has 0 saturated carbocycles. The van der Waals surface area contributed by atoms with Gasteiger partial charge in [-0.25, -0.2) is 4.79 Å². The van der Waals surface area contributed by atoms with Gasteiger partial charge < -0.3 is 15.4 Å². The van der Waals surface area contributed by atoms with Gasteiger partial charge in [-0.1, -0.05) is 74.5 Å². The molecule has 0 aromatic heterocycles. The van der Waals surface area contributed by atoms with Crippen molar-refractivity contribution in [2.24, 2.45) is 5.92 Å². The Bertz CT molecular complexity index is 1070. The van der Waals surface area contributed by atoms with E-state index < -0.39 is 31.9 Å². The molecule has 0 spiro atoms. The van der Waals surface area contributed by atoms with Crippen LogP contribution >= 0.6 is 7.77 Å². The third kappa shape index (κ3) is 9.40. The van der Waals surface area contributed by atoms with Gasteiger partial charge in [-0.15, -0.1) is 0 Å². The summed E-state index contributed by atoms with van der Waals surface area (Å²) in [4.78, 5) is 38.8. The van der Waals surface area contributed by atoms with Crippen LogP contribution in [-0.4, -0.2) is 48.4 Å². The number of benzene rings is 2. The van der Waals surface area contributed by atoms with Gasteiger partial charge in [0.15, 0.2) is 18.6 Å². The Labute approximate surface area is 213 Å². The van der Waals surface area contributed by atoms with Gasteiger partial charge in [-0.05, 0) is 42.0 Å².